The molecule has 0 fully saturated rings. The van der Waals surface area contributed by atoms with Crippen molar-refractivity contribution >= 4 is 11.4 Å². The molecule has 1 rings (SSSR count). The van der Waals surface area contributed by atoms with Crippen LogP contribution in [0.4, 0.5) is 5.69 Å². The second-order valence-electron chi connectivity index (χ2n) is 4.29. The highest BCUT2D eigenvalue weighted by atomic mass is 16.6. The summed E-state index contributed by atoms with van der Waals surface area (Å²) < 4.78 is 5.12. The Hall–Kier alpha value is -1.75. The van der Waals surface area contributed by atoms with Gasteiger partial charge in [-0.25, -0.2) is 0 Å². The zero-order chi connectivity index (χ0) is 13.5. The van der Waals surface area contributed by atoms with Crippen LogP contribution >= 0.6 is 0 Å². The van der Waals surface area contributed by atoms with E-state index in [4.69, 9.17) is 10.1 Å². The van der Waals surface area contributed by atoms with E-state index in [1.165, 1.54) is 12.1 Å². The smallest absolute Gasteiger partial charge is 0.269 e. The molecule has 0 saturated heterocycles. The first kappa shape index (κ1) is 14.3. The van der Waals surface area contributed by atoms with E-state index in [1.54, 1.807) is 19.2 Å². The van der Waals surface area contributed by atoms with E-state index in [1.807, 2.05) is 6.92 Å². The molecule has 0 aliphatic heterocycles. The van der Waals surface area contributed by atoms with Crippen LogP contribution in [0.1, 0.15) is 25.3 Å². The van der Waals surface area contributed by atoms with Gasteiger partial charge in [0.15, 0.2) is 0 Å². The average Bonchev–Trinajstić information content (AvgIpc) is 2.36. The minimum atomic E-state index is -0.417. The van der Waals surface area contributed by atoms with Gasteiger partial charge in [-0.2, -0.15) is 0 Å². The molecule has 1 unspecified atom stereocenters. The fraction of sp³-hybridized carbons (Fsp3) is 0.462. The van der Waals surface area contributed by atoms with Gasteiger partial charge in [-0.05, 0) is 25.3 Å². The average molecular weight is 250 g/mol. The number of hydrogen-bond donors (Lipinski definition) is 1. The first-order valence-corrected chi connectivity index (χ1v) is 5.85. The number of nitro groups is 1. The van der Waals surface area contributed by atoms with E-state index in [-0.39, 0.29) is 11.8 Å². The zero-order valence-electron chi connectivity index (χ0n) is 10.7. The number of methoxy groups -OCH3 is 1. The van der Waals surface area contributed by atoms with Crippen molar-refractivity contribution in [3.8, 4) is 0 Å². The molecule has 0 radical (unpaired) electrons. The van der Waals surface area contributed by atoms with Gasteiger partial charge in [-0.1, -0.05) is 12.1 Å². The molecule has 0 amide bonds. The number of non-ortho nitro benzene ring substituents is 1. The molecule has 0 saturated carbocycles. The van der Waals surface area contributed by atoms with Crippen molar-refractivity contribution in [1.29, 1.82) is 5.41 Å². The zero-order valence-corrected chi connectivity index (χ0v) is 10.7. The topological polar surface area (TPSA) is 76.2 Å². The molecule has 98 valence electrons. The normalized spacial score (nSPS) is 12.1. The van der Waals surface area contributed by atoms with Gasteiger partial charge in [-0.3, -0.25) is 10.1 Å². The Kier molecular flexibility index (Phi) is 5.45. The van der Waals surface area contributed by atoms with Gasteiger partial charge in [0.25, 0.3) is 5.69 Å². The molecular formula is C13H18N2O3. The number of nitrogens with one attached hydrogen (secondary N) is 1. The van der Waals surface area contributed by atoms with Gasteiger partial charge in [-0.15, -0.1) is 0 Å². The van der Waals surface area contributed by atoms with Crippen LogP contribution in [0.2, 0.25) is 0 Å². The predicted octanol–water partition coefficient (Wildman–Crippen LogP) is 2.97. The van der Waals surface area contributed by atoms with Crippen molar-refractivity contribution in [2.24, 2.45) is 0 Å². The summed E-state index contributed by atoms with van der Waals surface area (Å²) in [6.45, 7) is 1.96. The summed E-state index contributed by atoms with van der Waals surface area (Å²) in [5, 5.41) is 18.5. The summed E-state index contributed by atoms with van der Waals surface area (Å²) in [6.07, 6.45) is 2.04. The van der Waals surface area contributed by atoms with Crippen molar-refractivity contribution in [2.75, 3.05) is 7.11 Å². The van der Waals surface area contributed by atoms with Crippen LogP contribution < -0.4 is 0 Å². The van der Waals surface area contributed by atoms with Crippen molar-refractivity contribution < 1.29 is 9.66 Å². The van der Waals surface area contributed by atoms with Gasteiger partial charge in [0.2, 0.25) is 0 Å². The number of nitro benzene ring substituents is 1. The molecule has 1 aromatic carbocycles. The number of benzene rings is 1. The van der Waals surface area contributed by atoms with Gasteiger partial charge < -0.3 is 10.1 Å². The second kappa shape index (κ2) is 6.86. The van der Waals surface area contributed by atoms with E-state index in [9.17, 15) is 10.1 Å². The van der Waals surface area contributed by atoms with Crippen molar-refractivity contribution in [3.05, 3.63) is 39.9 Å². The minimum Gasteiger partial charge on any atom is -0.382 e. The van der Waals surface area contributed by atoms with Crippen LogP contribution in [0, 0.1) is 15.5 Å². The lowest BCUT2D eigenvalue weighted by Crippen LogP contribution is -2.09. The van der Waals surface area contributed by atoms with Gasteiger partial charge >= 0.3 is 0 Å². The van der Waals surface area contributed by atoms with Gasteiger partial charge in [0.05, 0.1) is 11.0 Å². The Morgan fingerprint density at radius 1 is 1.56 bits per heavy atom. The van der Waals surface area contributed by atoms with Gasteiger partial charge in [0.1, 0.15) is 0 Å². The Morgan fingerprint density at radius 2 is 2.28 bits per heavy atom. The Bertz CT molecular complexity index is 432. The standard InChI is InChI=1S/C13H18N2O3/c1-10(18-2)6-7-12(14)8-11-4-3-5-13(9-11)15(16)17/h3-5,9-10,14H,6-8H2,1-2H3. The van der Waals surface area contributed by atoms with Crippen LogP contribution in [-0.2, 0) is 11.2 Å². The highest BCUT2D eigenvalue weighted by Crippen LogP contribution is 2.14. The SMILES string of the molecule is COC(C)CCC(=N)Cc1cccc([N+](=O)[O-])c1. The van der Waals surface area contributed by atoms with Crippen LogP contribution in [-0.4, -0.2) is 23.8 Å². The molecule has 0 aliphatic rings. The summed E-state index contributed by atoms with van der Waals surface area (Å²) in [5.41, 5.74) is 1.45. The molecule has 5 heteroatoms. The maximum absolute atomic E-state index is 10.6. The fourth-order valence-corrected chi connectivity index (χ4v) is 1.61. The lowest BCUT2D eigenvalue weighted by molar-refractivity contribution is -0.384. The second-order valence-corrected chi connectivity index (χ2v) is 4.29. The van der Waals surface area contributed by atoms with E-state index < -0.39 is 4.92 Å². The lowest BCUT2D eigenvalue weighted by atomic mass is 10.0. The summed E-state index contributed by atoms with van der Waals surface area (Å²) in [6, 6.07) is 6.44. The highest BCUT2D eigenvalue weighted by Gasteiger charge is 2.08. The highest BCUT2D eigenvalue weighted by molar-refractivity contribution is 5.83. The summed E-state index contributed by atoms with van der Waals surface area (Å²) in [7, 11) is 1.65. The third-order valence-electron chi connectivity index (χ3n) is 2.79. The van der Waals surface area contributed by atoms with E-state index in [0.717, 1.165) is 12.0 Å². The molecule has 0 bridgehead atoms. The van der Waals surface area contributed by atoms with Crippen molar-refractivity contribution in [3.63, 3.8) is 0 Å². The van der Waals surface area contributed by atoms with Crippen molar-refractivity contribution in [1.82, 2.24) is 0 Å². The molecule has 0 heterocycles. The van der Waals surface area contributed by atoms with Gasteiger partial charge in [0, 0.05) is 31.4 Å². The molecule has 0 aromatic heterocycles. The Morgan fingerprint density at radius 3 is 2.89 bits per heavy atom. The maximum atomic E-state index is 10.6. The lowest BCUT2D eigenvalue weighted by Gasteiger charge is -2.09. The largest absolute Gasteiger partial charge is 0.382 e. The number of rotatable bonds is 7. The molecule has 1 aromatic rings. The number of hydrogen-bond acceptors (Lipinski definition) is 4. The van der Waals surface area contributed by atoms with E-state index in [2.05, 4.69) is 0 Å². The molecule has 1 N–H and O–H groups in total. The molecule has 18 heavy (non-hydrogen) atoms. The third kappa shape index (κ3) is 4.63. The van der Waals surface area contributed by atoms with E-state index >= 15 is 0 Å². The van der Waals surface area contributed by atoms with Crippen molar-refractivity contribution in [2.45, 2.75) is 32.3 Å². The Labute approximate surface area is 106 Å². The molecule has 1 atom stereocenters. The fourth-order valence-electron chi connectivity index (χ4n) is 1.61. The monoisotopic (exact) mass is 250 g/mol. The van der Waals surface area contributed by atoms with E-state index in [0.29, 0.717) is 18.6 Å². The van der Waals surface area contributed by atoms with Crippen LogP contribution in [0.15, 0.2) is 24.3 Å². The molecule has 5 nitrogen and oxygen atoms in total. The number of nitrogens with zero attached hydrogens (tertiary/aromatic N) is 1. The molecular weight excluding hydrogens is 232 g/mol. The number of ether oxygens (including phenoxy) is 1. The Balaban J connectivity index is 2.54. The summed E-state index contributed by atoms with van der Waals surface area (Å²) >= 11 is 0. The third-order valence-corrected chi connectivity index (χ3v) is 2.79. The molecule has 0 spiro atoms. The van der Waals surface area contributed by atoms with Crippen LogP contribution in [0.3, 0.4) is 0 Å². The molecule has 0 aliphatic carbocycles. The minimum absolute atomic E-state index is 0.0746. The van der Waals surface area contributed by atoms with Crippen LogP contribution in [0.5, 0.6) is 0 Å². The predicted molar refractivity (Wildman–Crippen MR) is 70.2 cm³/mol. The quantitative estimate of drug-likeness (QED) is 0.459. The maximum Gasteiger partial charge on any atom is 0.269 e. The summed E-state index contributed by atoms with van der Waals surface area (Å²) in [5.74, 6) is 0. The van der Waals surface area contributed by atoms with Crippen LogP contribution in [0.25, 0.3) is 0 Å². The summed E-state index contributed by atoms with van der Waals surface area (Å²) in [4.78, 5) is 10.2. The first-order chi connectivity index (χ1) is 8.52. The first-order valence-electron chi connectivity index (χ1n) is 5.85.